The van der Waals surface area contributed by atoms with Crippen LogP contribution in [0.2, 0.25) is 0 Å². The van der Waals surface area contributed by atoms with Crippen LogP contribution in [0.5, 0.6) is 0 Å². The minimum Gasteiger partial charge on any atom is -0.480 e. The second-order valence-corrected chi connectivity index (χ2v) is 5.69. The summed E-state index contributed by atoms with van der Waals surface area (Å²) >= 11 is 0. The van der Waals surface area contributed by atoms with Crippen molar-refractivity contribution < 1.29 is 19.4 Å². The molecule has 19 heavy (non-hydrogen) atoms. The molecule has 0 aromatic carbocycles. The van der Waals surface area contributed by atoms with Crippen molar-refractivity contribution in [2.75, 3.05) is 6.61 Å². The molecule has 0 aromatic heterocycles. The van der Waals surface area contributed by atoms with Gasteiger partial charge in [-0.3, -0.25) is 4.79 Å². The molecule has 2 N–H and O–H groups in total. The summed E-state index contributed by atoms with van der Waals surface area (Å²) in [5.74, 6) is -1.08. The maximum absolute atomic E-state index is 12.0. The zero-order valence-corrected chi connectivity index (χ0v) is 11.3. The van der Waals surface area contributed by atoms with Crippen LogP contribution in [0.3, 0.4) is 0 Å². The molecule has 0 aromatic rings. The number of carboxylic acid groups (broad SMARTS) is 1. The zero-order valence-electron chi connectivity index (χ0n) is 11.3. The number of aliphatic carboxylic acids is 1. The third-order valence-corrected chi connectivity index (χ3v) is 4.18. The van der Waals surface area contributed by atoms with E-state index in [4.69, 9.17) is 4.74 Å². The molecule has 1 atom stereocenters. The van der Waals surface area contributed by atoms with Crippen molar-refractivity contribution in [1.29, 1.82) is 0 Å². The second-order valence-electron chi connectivity index (χ2n) is 5.69. The highest BCUT2D eigenvalue weighted by molar-refractivity contribution is 5.87. The number of nitrogens with one attached hydrogen (secondary N) is 1. The third kappa shape index (κ3) is 3.69. The summed E-state index contributed by atoms with van der Waals surface area (Å²) in [6, 6.07) is 0. The Morgan fingerprint density at radius 3 is 2.37 bits per heavy atom. The van der Waals surface area contributed by atoms with Gasteiger partial charge in [-0.15, -0.1) is 0 Å². The molecule has 108 valence electrons. The predicted octanol–water partition coefficient (Wildman–Crippen LogP) is 1.85. The Morgan fingerprint density at radius 2 is 1.84 bits per heavy atom. The van der Waals surface area contributed by atoms with E-state index in [1.165, 1.54) is 0 Å². The van der Waals surface area contributed by atoms with E-state index in [1.807, 2.05) is 0 Å². The molecule has 2 fully saturated rings. The standard InChI is InChI=1S/C14H23NO4/c16-12(10-11-6-5-9-19-11)15-14(13(17)18)7-3-1-2-4-8-14/h11H,1-10H2,(H,15,16)(H,17,18). The van der Waals surface area contributed by atoms with Crippen molar-refractivity contribution in [3.8, 4) is 0 Å². The second kappa shape index (κ2) is 6.37. The molecule has 1 saturated carbocycles. The molecule has 1 aliphatic carbocycles. The van der Waals surface area contributed by atoms with Gasteiger partial charge in [-0.05, 0) is 25.7 Å². The molecule has 5 heteroatoms. The van der Waals surface area contributed by atoms with Gasteiger partial charge in [0.25, 0.3) is 0 Å². The first-order valence-corrected chi connectivity index (χ1v) is 7.28. The molecule has 1 aliphatic heterocycles. The summed E-state index contributed by atoms with van der Waals surface area (Å²) in [6.07, 6.45) is 7.06. The normalized spacial score (nSPS) is 26.6. The summed E-state index contributed by atoms with van der Waals surface area (Å²) in [5.41, 5.74) is -1.05. The fourth-order valence-electron chi connectivity index (χ4n) is 3.05. The number of hydrogen-bond acceptors (Lipinski definition) is 3. The number of carboxylic acids is 1. The Kier molecular flexibility index (Phi) is 4.80. The lowest BCUT2D eigenvalue weighted by Gasteiger charge is -2.29. The lowest BCUT2D eigenvalue weighted by atomic mass is 9.90. The summed E-state index contributed by atoms with van der Waals surface area (Å²) in [7, 11) is 0. The number of carbonyl (C=O) groups excluding carboxylic acids is 1. The van der Waals surface area contributed by atoms with Crippen molar-refractivity contribution in [2.45, 2.75) is 69.4 Å². The van der Waals surface area contributed by atoms with E-state index >= 15 is 0 Å². The average molecular weight is 269 g/mol. The number of rotatable bonds is 4. The summed E-state index contributed by atoms with van der Waals surface area (Å²) in [6.45, 7) is 0.710. The van der Waals surface area contributed by atoms with Crippen LogP contribution in [-0.4, -0.2) is 35.2 Å². The van der Waals surface area contributed by atoms with Gasteiger partial charge in [0, 0.05) is 6.61 Å². The van der Waals surface area contributed by atoms with Gasteiger partial charge in [-0.25, -0.2) is 4.79 Å². The minimum absolute atomic E-state index is 0.0309. The van der Waals surface area contributed by atoms with Gasteiger partial charge in [-0.2, -0.15) is 0 Å². The predicted molar refractivity (Wildman–Crippen MR) is 69.8 cm³/mol. The van der Waals surface area contributed by atoms with Crippen molar-refractivity contribution in [2.24, 2.45) is 0 Å². The maximum atomic E-state index is 12.0. The molecular weight excluding hydrogens is 246 g/mol. The largest absolute Gasteiger partial charge is 0.480 e. The Labute approximate surface area is 113 Å². The number of carbonyl (C=O) groups is 2. The summed E-state index contributed by atoms with van der Waals surface area (Å²) < 4.78 is 5.42. The van der Waals surface area contributed by atoms with Gasteiger partial charge in [0.1, 0.15) is 5.54 Å². The van der Waals surface area contributed by atoms with Crippen LogP contribution in [0.4, 0.5) is 0 Å². The third-order valence-electron chi connectivity index (χ3n) is 4.18. The number of hydrogen-bond donors (Lipinski definition) is 2. The highest BCUT2D eigenvalue weighted by Crippen LogP contribution is 2.28. The maximum Gasteiger partial charge on any atom is 0.329 e. The fraction of sp³-hybridized carbons (Fsp3) is 0.857. The van der Waals surface area contributed by atoms with Crippen molar-refractivity contribution in [3.63, 3.8) is 0 Å². The molecule has 1 unspecified atom stereocenters. The van der Waals surface area contributed by atoms with Crippen LogP contribution in [-0.2, 0) is 14.3 Å². The molecule has 0 bridgehead atoms. The fourth-order valence-corrected chi connectivity index (χ4v) is 3.05. The van der Waals surface area contributed by atoms with Gasteiger partial charge in [0.2, 0.25) is 5.91 Å². The van der Waals surface area contributed by atoms with Gasteiger partial charge in [-0.1, -0.05) is 25.7 Å². The molecule has 1 saturated heterocycles. The minimum atomic E-state index is -1.05. The van der Waals surface area contributed by atoms with E-state index in [0.29, 0.717) is 19.4 Å². The van der Waals surface area contributed by atoms with Crippen molar-refractivity contribution in [1.82, 2.24) is 5.32 Å². The first-order chi connectivity index (χ1) is 9.12. The van der Waals surface area contributed by atoms with Gasteiger partial charge < -0.3 is 15.2 Å². The van der Waals surface area contributed by atoms with Crippen LogP contribution in [0.25, 0.3) is 0 Å². The van der Waals surface area contributed by atoms with E-state index in [-0.39, 0.29) is 18.4 Å². The van der Waals surface area contributed by atoms with Crippen LogP contribution in [0, 0.1) is 0 Å². The number of amides is 1. The topological polar surface area (TPSA) is 75.6 Å². The van der Waals surface area contributed by atoms with E-state index < -0.39 is 11.5 Å². The highest BCUT2D eigenvalue weighted by Gasteiger charge is 2.40. The molecule has 2 aliphatic rings. The van der Waals surface area contributed by atoms with E-state index in [9.17, 15) is 14.7 Å². The first-order valence-electron chi connectivity index (χ1n) is 7.28. The summed E-state index contributed by atoms with van der Waals surface area (Å²) in [5, 5.41) is 12.3. The molecule has 0 radical (unpaired) electrons. The molecule has 5 nitrogen and oxygen atoms in total. The van der Waals surface area contributed by atoms with E-state index in [1.54, 1.807) is 0 Å². The van der Waals surface area contributed by atoms with Crippen LogP contribution in [0.1, 0.15) is 57.8 Å². The molecular formula is C14H23NO4. The van der Waals surface area contributed by atoms with Gasteiger partial charge in [0.15, 0.2) is 0 Å². The Bertz CT molecular complexity index is 328. The molecule has 1 heterocycles. The van der Waals surface area contributed by atoms with E-state index in [0.717, 1.165) is 38.5 Å². The Hall–Kier alpha value is -1.10. The molecule has 2 rings (SSSR count). The first kappa shape index (κ1) is 14.3. The summed E-state index contributed by atoms with van der Waals surface area (Å²) in [4.78, 5) is 23.6. The average Bonchev–Trinajstić information content (AvgIpc) is 2.73. The van der Waals surface area contributed by atoms with Crippen LogP contribution < -0.4 is 5.32 Å². The Balaban J connectivity index is 1.94. The highest BCUT2D eigenvalue weighted by atomic mass is 16.5. The lowest BCUT2D eigenvalue weighted by molar-refractivity contribution is -0.148. The van der Waals surface area contributed by atoms with Gasteiger partial charge >= 0.3 is 5.97 Å². The lowest BCUT2D eigenvalue weighted by Crippen LogP contribution is -2.54. The SMILES string of the molecule is O=C(CC1CCCO1)NC1(C(=O)O)CCCCCC1. The number of ether oxygens (including phenoxy) is 1. The van der Waals surface area contributed by atoms with Crippen LogP contribution in [0.15, 0.2) is 0 Å². The van der Waals surface area contributed by atoms with E-state index in [2.05, 4.69) is 5.32 Å². The van der Waals surface area contributed by atoms with Crippen molar-refractivity contribution in [3.05, 3.63) is 0 Å². The quantitative estimate of drug-likeness (QED) is 0.764. The van der Waals surface area contributed by atoms with Crippen molar-refractivity contribution >= 4 is 11.9 Å². The zero-order chi connectivity index (χ0) is 13.7. The van der Waals surface area contributed by atoms with Gasteiger partial charge in [0.05, 0.1) is 12.5 Å². The monoisotopic (exact) mass is 269 g/mol. The molecule has 0 spiro atoms. The molecule has 1 amide bonds. The Morgan fingerprint density at radius 1 is 1.16 bits per heavy atom. The van der Waals surface area contributed by atoms with Crippen LogP contribution >= 0.6 is 0 Å². The smallest absolute Gasteiger partial charge is 0.329 e.